The zero-order valence-electron chi connectivity index (χ0n) is 10.7. The molecule has 0 saturated carbocycles. The van der Waals surface area contributed by atoms with Crippen LogP contribution in [0.3, 0.4) is 0 Å². The first-order valence-electron chi connectivity index (χ1n) is 5.65. The third kappa shape index (κ3) is 3.57. The molecule has 1 heterocycles. The van der Waals surface area contributed by atoms with Crippen molar-refractivity contribution in [3.8, 4) is 0 Å². The van der Waals surface area contributed by atoms with Gasteiger partial charge in [-0.25, -0.2) is 0 Å². The minimum absolute atomic E-state index is 0.252. The van der Waals surface area contributed by atoms with Gasteiger partial charge in [0.15, 0.2) is 0 Å². The Morgan fingerprint density at radius 1 is 1.44 bits per heavy atom. The van der Waals surface area contributed by atoms with E-state index in [9.17, 15) is 5.11 Å². The molecule has 0 saturated heterocycles. The lowest BCUT2D eigenvalue weighted by Crippen LogP contribution is -2.19. The van der Waals surface area contributed by atoms with Crippen LogP contribution in [-0.4, -0.2) is 5.11 Å². The quantitative estimate of drug-likeness (QED) is 0.840. The summed E-state index contributed by atoms with van der Waals surface area (Å²) in [6.45, 7) is 10.9. The van der Waals surface area contributed by atoms with Gasteiger partial charge in [-0.1, -0.05) is 27.7 Å². The highest BCUT2D eigenvalue weighted by molar-refractivity contribution is 9.11. The number of aliphatic hydroxyl groups is 1. The topological polar surface area (TPSA) is 20.2 Å². The fourth-order valence-electron chi connectivity index (χ4n) is 1.60. The lowest BCUT2D eigenvalue weighted by atomic mass is 9.78. The second kappa shape index (κ2) is 5.19. The average Bonchev–Trinajstić information content (AvgIpc) is 2.43. The smallest absolute Gasteiger partial charge is 0.0803 e. The molecule has 0 aliphatic rings. The van der Waals surface area contributed by atoms with Crippen LogP contribution >= 0.6 is 27.3 Å². The van der Waals surface area contributed by atoms with Crippen LogP contribution in [0, 0.1) is 18.3 Å². The van der Waals surface area contributed by atoms with E-state index in [0.29, 0.717) is 5.92 Å². The van der Waals surface area contributed by atoms with Gasteiger partial charge in [0.05, 0.1) is 9.89 Å². The van der Waals surface area contributed by atoms with Gasteiger partial charge in [0.2, 0.25) is 0 Å². The predicted octanol–water partition coefficient (Wildman–Crippen LogP) is 4.92. The summed E-state index contributed by atoms with van der Waals surface area (Å²) in [4.78, 5) is 1.21. The van der Waals surface area contributed by atoms with E-state index in [1.54, 1.807) is 11.3 Å². The fourth-order valence-corrected chi connectivity index (χ4v) is 3.37. The molecule has 3 heteroatoms. The normalized spacial score (nSPS) is 16.2. The van der Waals surface area contributed by atoms with E-state index in [4.69, 9.17) is 0 Å². The highest BCUT2D eigenvalue weighted by atomic mass is 79.9. The summed E-state index contributed by atoms with van der Waals surface area (Å²) >= 11 is 5.15. The molecule has 2 atom stereocenters. The van der Waals surface area contributed by atoms with Crippen molar-refractivity contribution in [2.24, 2.45) is 11.3 Å². The molecule has 1 aromatic heterocycles. The van der Waals surface area contributed by atoms with Gasteiger partial charge in [0, 0.05) is 4.88 Å². The lowest BCUT2D eigenvalue weighted by Gasteiger charge is -2.29. The van der Waals surface area contributed by atoms with Crippen LogP contribution in [-0.2, 0) is 0 Å². The van der Waals surface area contributed by atoms with E-state index < -0.39 is 0 Å². The van der Waals surface area contributed by atoms with E-state index in [2.05, 4.69) is 50.5 Å². The summed E-state index contributed by atoms with van der Waals surface area (Å²) in [5, 5.41) is 10.2. The Labute approximate surface area is 111 Å². The molecule has 0 fully saturated rings. The van der Waals surface area contributed by atoms with Gasteiger partial charge in [0.25, 0.3) is 0 Å². The summed E-state index contributed by atoms with van der Waals surface area (Å²) in [6.07, 6.45) is 0.491. The van der Waals surface area contributed by atoms with Crippen LogP contribution in [0.4, 0.5) is 0 Å². The summed E-state index contributed by atoms with van der Waals surface area (Å²) in [7, 11) is 0. The monoisotopic (exact) mass is 304 g/mol. The van der Waals surface area contributed by atoms with Crippen LogP contribution in [0.25, 0.3) is 0 Å². The molecule has 92 valence electrons. The second-order valence-electron chi connectivity index (χ2n) is 5.58. The molecule has 1 rings (SSSR count). The summed E-state index contributed by atoms with van der Waals surface area (Å²) in [5.74, 6) is 0.501. The molecule has 1 aromatic rings. The zero-order valence-corrected chi connectivity index (χ0v) is 13.1. The molecule has 0 aromatic carbocycles. The van der Waals surface area contributed by atoms with E-state index >= 15 is 0 Å². The second-order valence-corrected chi connectivity index (χ2v) is 8.22. The van der Waals surface area contributed by atoms with Gasteiger partial charge in [-0.2, -0.15) is 0 Å². The Bertz CT molecular complexity index is 351. The number of hydrogen-bond donors (Lipinski definition) is 1. The Morgan fingerprint density at radius 3 is 2.38 bits per heavy atom. The van der Waals surface area contributed by atoms with Crippen LogP contribution in [0.1, 0.15) is 50.7 Å². The van der Waals surface area contributed by atoms with Crippen molar-refractivity contribution in [3.05, 3.63) is 20.3 Å². The van der Waals surface area contributed by atoms with Crippen molar-refractivity contribution in [2.45, 2.75) is 47.1 Å². The van der Waals surface area contributed by atoms with Gasteiger partial charge in [-0.3, -0.25) is 0 Å². The van der Waals surface area contributed by atoms with Crippen molar-refractivity contribution < 1.29 is 5.11 Å². The molecule has 0 aliphatic carbocycles. The van der Waals surface area contributed by atoms with E-state index in [1.165, 1.54) is 4.88 Å². The number of rotatable bonds is 3. The molecule has 1 N–H and O–H groups in total. The van der Waals surface area contributed by atoms with Gasteiger partial charge in [-0.05, 0) is 52.2 Å². The van der Waals surface area contributed by atoms with Crippen molar-refractivity contribution in [1.82, 2.24) is 0 Å². The highest BCUT2D eigenvalue weighted by Gasteiger charge is 2.24. The number of halogens is 1. The molecule has 0 radical (unpaired) electrons. The average molecular weight is 305 g/mol. The van der Waals surface area contributed by atoms with Crippen molar-refractivity contribution >= 4 is 27.3 Å². The SMILES string of the molecule is Cc1sc(Br)cc1C(O)CC(C)C(C)(C)C. The Kier molecular flexibility index (Phi) is 4.61. The number of aliphatic hydroxyl groups excluding tert-OH is 1. The number of aryl methyl sites for hydroxylation is 1. The molecule has 0 bridgehead atoms. The Balaban J connectivity index is 2.73. The molecular formula is C13H21BrOS. The minimum Gasteiger partial charge on any atom is -0.388 e. The predicted molar refractivity (Wildman–Crippen MR) is 75.0 cm³/mol. The molecular weight excluding hydrogens is 284 g/mol. The third-order valence-corrected chi connectivity index (χ3v) is 4.91. The van der Waals surface area contributed by atoms with Gasteiger partial charge in [0.1, 0.15) is 0 Å². The minimum atomic E-state index is -0.336. The van der Waals surface area contributed by atoms with Crippen LogP contribution < -0.4 is 0 Å². The van der Waals surface area contributed by atoms with Crippen molar-refractivity contribution in [2.75, 3.05) is 0 Å². The van der Waals surface area contributed by atoms with E-state index in [1.807, 2.05) is 6.07 Å². The molecule has 1 nitrogen and oxygen atoms in total. The lowest BCUT2D eigenvalue weighted by molar-refractivity contribution is 0.110. The molecule has 0 amide bonds. The maximum Gasteiger partial charge on any atom is 0.0803 e. The maximum absolute atomic E-state index is 10.2. The largest absolute Gasteiger partial charge is 0.388 e. The number of thiophene rings is 1. The first-order chi connectivity index (χ1) is 7.21. The summed E-state index contributed by atoms with van der Waals surface area (Å²) in [5.41, 5.74) is 1.33. The van der Waals surface area contributed by atoms with Crippen molar-refractivity contribution in [1.29, 1.82) is 0 Å². The van der Waals surface area contributed by atoms with Crippen molar-refractivity contribution in [3.63, 3.8) is 0 Å². The van der Waals surface area contributed by atoms with E-state index in [0.717, 1.165) is 15.8 Å². The number of hydrogen-bond acceptors (Lipinski definition) is 2. The van der Waals surface area contributed by atoms with Crippen LogP contribution in [0.5, 0.6) is 0 Å². The Morgan fingerprint density at radius 2 is 2.00 bits per heavy atom. The zero-order chi connectivity index (χ0) is 12.5. The molecule has 2 unspecified atom stereocenters. The molecule has 16 heavy (non-hydrogen) atoms. The fraction of sp³-hybridized carbons (Fsp3) is 0.692. The standard InChI is InChI=1S/C13H21BrOS/c1-8(13(3,4)5)6-11(15)10-7-12(14)16-9(10)2/h7-8,11,15H,6H2,1-5H3. The van der Waals surface area contributed by atoms with Crippen LogP contribution in [0.15, 0.2) is 9.85 Å². The molecule has 0 aliphatic heterocycles. The Hall–Kier alpha value is 0.140. The van der Waals surface area contributed by atoms with Gasteiger partial charge < -0.3 is 5.11 Å². The van der Waals surface area contributed by atoms with E-state index in [-0.39, 0.29) is 11.5 Å². The highest BCUT2D eigenvalue weighted by Crippen LogP contribution is 2.37. The van der Waals surface area contributed by atoms with Gasteiger partial charge >= 0.3 is 0 Å². The van der Waals surface area contributed by atoms with Crippen LogP contribution in [0.2, 0.25) is 0 Å². The maximum atomic E-state index is 10.2. The molecule has 0 spiro atoms. The summed E-state index contributed by atoms with van der Waals surface area (Å²) in [6, 6.07) is 2.04. The first-order valence-corrected chi connectivity index (χ1v) is 7.26. The summed E-state index contributed by atoms with van der Waals surface area (Å²) < 4.78 is 1.10. The third-order valence-electron chi connectivity index (χ3n) is 3.34. The van der Waals surface area contributed by atoms with Gasteiger partial charge in [-0.15, -0.1) is 11.3 Å². The first kappa shape index (κ1) is 14.2.